The minimum Gasteiger partial charge on any atom is -0.710 e. The molecule has 15 heavy (non-hydrogen) atoms. The summed E-state index contributed by atoms with van der Waals surface area (Å²) in [6, 6.07) is 5.02. The van der Waals surface area contributed by atoms with Gasteiger partial charge < -0.3 is 5.21 Å². The Labute approximate surface area is 89.5 Å². The van der Waals surface area contributed by atoms with Crippen LogP contribution in [-0.4, -0.2) is 5.91 Å². The van der Waals surface area contributed by atoms with Gasteiger partial charge in [0.25, 0.3) is 5.82 Å². The molecule has 0 aliphatic rings. The third-order valence-corrected chi connectivity index (χ3v) is 2.05. The normalized spacial score (nSPS) is 11.2. The first kappa shape index (κ1) is 11.5. The second-order valence-electron chi connectivity index (χ2n) is 4.55. The fourth-order valence-corrected chi connectivity index (χ4v) is 1.00. The maximum atomic E-state index is 11.6. The van der Waals surface area contributed by atoms with Gasteiger partial charge in [-0.3, -0.25) is 0 Å². The first-order valence-corrected chi connectivity index (χ1v) is 4.83. The molecule has 0 radical (unpaired) electrons. The van der Waals surface area contributed by atoms with Gasteiger partial charge in [0.15, 0.2) is 0 Å². The summed E-state index contributed by atoms with van der Waals surface area (Å²) in [5.41, 5.74) is 0.0539. The molecular weight excluding hydrogens is 192 g/mol. The van der Waals surface area contributed by atoms with Crippen molar-refractivity contribution in [2.75, 3.05) is 5.32 Å². The number of nitrogens with one attached hydrogen (secondary N) is 1. The lowest BCUT2D eigenvalue weighted by atomic mass is 9.96. The monoisotopic (exact) mass is 208 g/mol. The van der Waals surface area contributed by atoms with E-state index in [9.17, 15) is 10.0 Å². The van der Waals surface area contributed by atoms with Gasteiger partial charge in [-0.2, -0.15) is 0 Å². The summed E-state index contributed by atoms with van der Waals surface area (Å²) < 4.78 is 0.712. The van der Waals surface area contributed by atoms with E-state index in [1.165, 1.54) is 0 Å². The van der Waals surface area contributed by atoms with Crippen LogP contribution in [0.3, 0.4) is 0 Å². The molecule has 0 bridgehead atoms. The van der Waals surface area contributed by atoms with Crippen molar-refractivity contribution < 1.29 is 9.52 Å². The van der Waals surface area contributed by atoms with Crippen molar-refractivity contribution in [3.8, 4) is 0 Å². The van der Waals surface area contributed by atoms with E-state index in [1.807, 2.05) is 0 Å². The lowest BCUT2D eigenvalue weighted by Gasteiger charge is -2.16. The summed E-state index contributed by atoms with van der Waals surface area (Å²) >= 11 is 0. The van der Waals surface area contributed by atoms with Crippen LogP contribution in [-0.2, 0) is 4.79 Å². The quantitative estimate of drug-likeness (QED) is 0.563. The van der Waals surface area contributed by atoms with E-state index in [0.29, 0.717) is 10.4 Å². The van der Waals surface area contributed by atoms with Gasteiger partial charge >= 0.3 is 5.91 Å². The number of anilines is 1. The number of hydrogen-bond acceptors (Lipinski definition) is 2. The first-order valence-electron chi connectivity index (χ1n) is 4.83. The molecule has 1 heterocycles. The molecule has 1 aromatic heterocycles. The third kappa shape index (κ3) is 2.68. The molecule has 0 saturated heterocycles. The molecule has 0 unspecified atom stereocenters. The highest BCUT2D eigenvalue weighted by molar-refractivity contribution is 5.93. The summed E-state index contributed by atoms with van der Waals surface area (Å²) in [5, 5.41) is 14.1. The van der Waals surface area contributed by atoms with Crippen LogP contribution < -0.4 is 10.0 Å². The molecule has 0 aliphatic carbocycles. The van der Waals surface area contributed by atoms with Crippen LogP contribution in [0.5, 0.6) is 0 Å². The molecule has 0 aliphatic heterocycles. The molecule has 0 aromatic carbocycles. The van der Waals surface area contributed by atoms with Crippen molar-refractivity contribution >= 4 is 11.7 Å². The second kappa shape index (κ2) is 3.88. The molecule has 4 heteroatoms. The molecule has 1 rings (SSSR count). The zero-order valence-corrected chi connectivity index (χ0v) is 9.50. The van der Waals surface area contributed by atoms with Gasteiger partial charge in [0.05, 0.1) is 5.41 Å². The highest BCUT2D eigenvalue weighted by atomic mass is 16.5. The molecule has 1 N–H and O–H groups in total. The number of carbonyl (C=O) groups excluding carboxylic acids is 1. The highest BCUT2D eigenvalue weighted by Gasteiger charge is 2.26. The van der Waals surface area contributed by atoms with Gasteiger partial charge in [0.2, 0.25) is 0 Å². The third-order valence-electron chi connectivity index (χ3n) is 2.05. The minimum atomic E-state index is -0.503. The van der Waals surface area contributed by atoms with E-state index in [-0.39, 0.29) is 11.7 Å². The number of nitrogens with zero attached hydrogens (tertiary/aromatic N) is 1. The summed E-state index contributed by atoms with van der Waals surface area (Å²) in [7, 11) is 0. The largest absolute Gasteiger partial charge is 0.710 e. The Kier molecular flexibility index (Phi) is 2.98. The fourth-order valence-electron chi connectivity index (χ4n) is 1.00. The van der Waals surface area contributed by atoms with E-state index in [1.54, 1.807) is 45.9 Å². The van der Waals surface area contributed by atoms with Crippen LogP contribution in [0, 0.1) is 17.5 Å². The number of aromatic nitrogens is 1. The zero-order valence-electron chi connectivity index (χ0n) is 9.50. The van der Waals surface area contributed by atoms with Gasteiger partial charge in [-0.1, -0.05) is 6.07 Å². The average Bonchev–Trinajstić information content (AvgIpc) is 2.11. The van der Waals surface area contributed by atoms with E-state index < -0.39 is 5.41 Å². The predicted octanol–water partition coefficient (Wildman–Crippen LogP) is 1.61. The standard InChI is InChI=1S/C11H16N2O2/c1-8-6-5-7-9(13(8)15)12-10(14)11(2,3)4/h5-7H,1-4H3,(H,12,14). The number of hydrogen-bond donors (Lipinski definition) is 1. The molecule has 0 saturated carbocycles. The van der Waals surface area contributed by atoms with Crippen molar-refractivity contribution in [1.82, 2.24) is 0 Å². The second-order valence-corrected chi connectivity index (χ2v) is 4.55. The highest BCUT2D eigenvalue weighted by Crippen LogP contribution is 2.15. The maximum absolute atomic E-state index is 11.6. The van der Waals surface area contributed by atoms with Crippen LogP contribution in [0.15, 0.2) is 18.2 Å². The molecule has 82 valence electrons. The molecule has 4 nitrogen and oxygen atoms in total. The van der Waals surface area contributed by atoms with Crippen LogP contribution in [0.25, 0.3) is 0 Å². The van der Waals surface area contributed by atoms with Gasteiger partial charge in [-0.25, -0.2) is 14.8 Å². The van der Waals surface area contributed by atoms with Gasteiger partial charge in [0.1, 0.15) is 5.69 Å². The van der Waals surface area contributed by atoms with Crippen LogP contribution >= 0.6 is 0 Å². The Balaban J connectivity index is 2.91. The Morgan fingerprint density at radius 3 is 2.53 bits per heavy atom. The predicted molar refractivity (Wildman–Crippen MR) is 58.2 cm³/mol. The SMILES string of the molecule is Cc1cccc(NC(=O)C(C)(C)C)[n+]1[O-]. The Hall–Kier alpha value is -1.58. The Morgan fingerprint density at radius 1 is 1.40 bits per heavy atom. The molecule has 0 fully saturated rings. The van der Waals surface area contributed by atoms with Gasteiger partial charge in [-0.05, 0) is 33.8 Å². The van der Waals surface area contributed by atoms with E-state index in [2.05, 4.69) is 5.32 Å². The first-order chi connectivity index (χ1) is 6.82. The average molecular weight is 208 g/mol. The molecular formula is C11H16N2O2. The van der Waals surface area contributed by atoms with Crippen molar-refractivity contribution in [3.63, 3.8) is 0 Å². The van der Waals surface area contributed by atoms with Crippen molar-refractivity contribution in [2.45, 2.75) is 27.7 Å². The van der Waals surface area contributed by atoms with Gasteiger partial charge in [-0.15, -0.1) is 0 Å². The van der Waals surface area contributed by atoms with Crippen molar-refractivity contribution in [2.24, 2.45) is 5.41 Å². The van der Waals surface area contributed by atoms with Crippen LogP contribution in [0.1, 0.15) is 26.5 Å². The van der Waals surface area contributed by atoms with Gasteiger partial charge in [0, 0.05) is 6.07 Å². The lowest BCUT2D eigenvalue weighted by molar-refractivity contribution is -0.597. The van der Waals surface area contributed by atoms with Crippen molar-refractivity contribution in [3.05, 3.63) is 29.1 Å². The molecule has 1 amide bonds. The van der Waals surface area contributed by atoms with E-state index in [4.69, 9.17) is 0 Å². The summed E-state index contributed by atoms with van der Waals surface area (Å²) in [6.45, 7) is 7.09. The molecule has 0 atom stereocenters. The Bertz CT molecular complexity index is 381. The Morgan fingerprint density at radius 2 is 2.00 bits per heavy atom. The number of amides is 1. The zero-order chi connectivity index (χ0) is 11.6. The number of rotatable bonds is 1. The van der Waals surface area contributed by atoms with Crippen LogP contribution in [0.2, 0.25) is 0 Å². The smallest absolute Gasteiger partial charge is 0.312 e. The number of carbonyl (C=O) groups is 1. The van der Waals surface area contributed by atoms with Crippen LogP contribution in [0.4, 0.5) is 5.82 Å². The lowest BCUT2D eigenvalue weighted by Crippen LogP contribution is -2.38. The van der Waals surface area contributed by atoms with E-state index >= 15 is 0 Å². The molecule has 0 spiro atoms. The fraction of sp³-hybridized carbons (Fsp3) is 0.455. The summed E-state index contributed by atoms with van der Waals surface area (Å²) in [5.74, 6) is 0.104. The maximum Gasteiger partial charge on any atom is 0.312 e. The summed E-state index contributed by atoms with van der Waals surface area (Å²) in [6.07, 6.45) is 0. The minimum absolute atomic E-state index is 0.169. The molecule has 1 aromatic rings. The topological polar surface area (TPSA) is 56.0 Å². The number of aryl methyl sites for hydroxylation is 1. The van der Waals surface area contributed by atoms with Crippen molar-refractivity contribution in [1.29, 1.82) is 0 Å². The summed E-state index contributed by atoms with van der Waals surface area (Å²) in [4.78, 5) is 11.6. The van der Waals surface area contributed by atoms with E-state index in [0.717, 1.165) is 0 Å². The number of pyridine rings is 1.